The van der Waals surface area contributed by atoms with E-state index in [1.54, 1.807) is 19.1 Å². The van der Waals surface area contributed by atoms with Crippen molar-refractivity contribution in [3.63, 3.8) is 0 Å². The Hall–Kier alpha value is -3.61. The Morgan fingerprint density at radius 2 is 1.70 bits per heavy atom. The van der Waals surface area contributed by atoms with Crippen LogP contribution in [0.2, 0.25) is 0 Å². The summed E-state index contributed by atoms with van der Waals surface area (Å²) in [5.41, 5.74) is 0.535. The molecule has 0 bridgehead atoms. The Balaban J connectivity index is 1.80. The lowest BCUT2D eigenvalue weighted by molar-refractivity contribution is 0.483. The van der Waals surface area contributed by atoms with Gasteiger partial charge < -0.3 is 9.64 Å². The van der Waals surface area contributed by atoms with Crippen LogP contribution >= 0.6 is 0 Å². The molecule has 0 saturated heterocycles. The van der Waals surface area contributed by atoms with Gasteiger partial charge in [-0.25, -0.2) is 22.6 Å². The van der Waals surface area contributed by atoms with Crippen LogP contribution in [-0.2, 0) is 0 Å². The molecule has 0 aliphatic carbocycles. The average Bonchev–Trinajstić information content (AvgIpc) is 2.67. The number of aryl methyl sites for hydroxylation is 1. The maximum atomic E-state index is 15.4. The SMILES string of the molecule is Cc1cc(-c2cccc(F)c2)c(F)c(N(C)c2c(F)ccc(OC3=NC=C3)c2F)c1. The molecule has 0 N–H and O–H groups in total. The molecule has 0 aromatic heterocycles. The number of benzene rings is 3. The Kier molecular flexibility index (Phi) is 5.03. The predicted octanol–water partition coefficient (Wildman–Crippen LogP) is 6.29. The highest BCUT2D eigenvalue weighted by Gasteiger charge is 2.24. The molecule has 0 amide bonds. The van der Waals surface area contributed by atoms with Gasteiger partial charge in [-0.2, -0.15) is 0 Å². The van der Waals surface area contributed by atoms with Gasteiger partial charge in [0.25, 0.3) is 0 Å². The fraction of sp³-hybridized carbons (Fsp3) is 0.0870. The molecule has 1 aliphatic heterocycles. The summed E-state index contributed by atoms with van der Waals surface area (Å²) in [6, 6.07) is 10.7. The molecule has 152 valence electrons. The second kappa shape index (κ2) is 7.67. The van der Waals surface area contributed by atoms with Crippen LogP contribution in [0.1, 0.15) is 5.56 Å². The highest BCUT2D eigenvalue weighted by Crippen LogP contribution is 2.38. The third-order valence-electron chi connectivity index (χ3n) is 4.70. The van der Waals surface area contributed by atoms with Crippen LogP contribution in [0.15, 0.2) is 65.8 Å². The number of ether oxygens (including phenoxy) is 1. The molecule has 4 rings (SSSR count). The van der Waals surface area contributed by atoms with Crippen molar-refractivity contribution in [2.24, 2.45) is 4.99 Å². The predicted molar refractivity (Wildman–Crippen MR) is 108 cm³/mol. The highest BCUT2D eigenvalue weighted by atomic mass is 19.1. The van der Waals surface area contributed by atoms with Crippen molar-refractivity contribution in [1.82, 2.24) is 0 Å². The smallest absolute Gasteiger partial charge is 0.220 e. The summed E-state index contributed by atoms with van der Waals surface area (Å²) in [6.45, 7) is 1.72. The number of halogens is 4. The Morgan fingerprint density at radius 3 is 2.37 bits per heavy atom. The average molecular weight is 412 g/mol. The third kappa shape index (κ3) is 3.54. The summed E-state index contributed by atoms with van der Waals surface area (Å²) < 4.78 is 63.9. The van der Waals surface area contributed by atoms with Crippen LogP contribution < -0.4 is 9.64 Å². The van der Waals surface area contributed by atoms with Crippen molar-refractivity contribution in [2.75, 3.05) is 11.9 Å². The van der Waals surface area contributed by atoms with Crippen LogP contribution in [0.5, 0.6) is 5.75 Å². The Morgan fingerprint density at radius 1 is 0.933 bits per heavy atom. The van der Waals surface area contributed by atoms with E-state index in [4.69, 9.17) is 4.74 Å². The van der Waals surface area contributed by atoms with Gasteiger partial charge in [-0.15, -0.1) is 0 Å². The van der Waals surface area contributed by atoms with Crippen LogP contribution in [0, 0.1) is 30.2 Å². The Bertz CT molecular complexity index is 1200. The van der Waals surface area contributed by atoms with E-state index in [0.29, 0.717) is 11.1 Å². The van der Waals surface area contributed by atoms with Gasteiger partial charge in [0.2, 0.25) is 5.90 Å². The van der Waals surface area contributed by atoms with Crippen molar-refractivity contribution in [2.45, 2.75) is 6.92 Å². The number of hydrogen-bond donors (Lipinski definition) is 0. The first-order valence-corrected chi connectivity index (χ1v) is 9.05. The molecule has 0 unspecified atom stereocenters. The summed E-state index contributed by atoms with van der Waals surface area (Å²) in [7, 11) is 1.35. The zero-order chi connectivity index (χ0) is 21.4. The van der Waals surface area contributed by atoms with Gasteiger partial charge >= 0.3 is 0 Å². The summed E-state index contributed by atoms with van der Waals surface area (Å²) in [6.07, 6.45) is 3.00. The normalized spacial score (nSPS) is 12.4. The van der Waals surface area contributed by atoms with E-state index >= 15 is 8.78 Å². The van der Waals surface area contributed by atoms with Crippen LogP contribution in [0.25, 0.3) is 11.1 Å². The molecule has 3 nitrogen and oxygen atoms in total. The topological polar surface area (TPSA) is 24.8 Å². The molecule has 1 aliphatic rings. The molecule has 0 atom stereocenters. The molecule has 0 spiro atoms. The van der Waals surface area contributed by atoms with Crippen molar-refractivity contribution < 1.29 is 22.3 Å². The minimum atomic E-state index is -0.992. The van der Waals surface area contributed by atoms with E-state index in [9.17, 15) is 8.78 Å². The number of nitrogens with zero attached hydrogens (tertiary/aromatic N) is 2. The first kappa shape index (κ1) is 19.7. The van der Waals surface area contributed by atoms with Crippen LogP contribution in [-0.4, -0.2) is 12.9 Å². The molecule has 1 heterocycles. The van der Waals surface area contributed by atoms with Crippen LogP contribution in [0.4, 0.5) is 28.9 Å². The molecular formula is C23H16F4N2O. The summed E-state index contributed by atoms with van der Waals surface area (Å²) in [5, 5.41) is 0. The highest BCUT2D eigenvalue weighted by molar-refractivity contribution is 5.94. The number of aliphatic imine (C=N–C) groups is 1. The zero-order valence-corrected chi connectivity index (χ0v) is 16.1. The minimum absolute atomic E-state index is 0.0647. The summed E-state index contributed by atoms with van der Waals surface area (Å²) in [4.78, 5) is 4.86. The van der Waals surface area contributed by atoms with Gasteiger partial charge in [-0.1, -0.05) is 12.1 Å². The van der Waals surface area contributed by atoms with E-state index in [1.807, 2.05) is 0 Å². The lowest BCUT2D eigenvalue weighted by atomic mass is 10.0. The van der Waals surface area contributed by atoms with Crippen LogP contribution in [0.3, 0.4) is 0 Å². The van der Waals surface area contributed by atoms with E-state index in [1.165, 1.54) is 43.6 Å². The van der Waals surface area contributed by atoms with Gasteiger partial charge in [-0.3, -0.25) is 0 Å². The zero-order valence-electron chi connectivity index (χ0n) is 16.1. The monoisotopic (exact) mass is 412 g/mol. The lowest BCUT2D eigenvalue weighted by Crippen LogP contribution is -2.17. The lowest BCUT2D eigenvalue weighted by Gasteiger charge is -2.24. The maximum Gasteiger partial charge on any atom is 0.220 e. The van der Waals surface area contributed by atoms with E-state index < -0.39 is 29.0 Å². The third-order valence-corrected chi connectivity index (χ3v) is 4.70. The number of rotatable bonds is 4. The van der Waals surface area contributed by atoms with Crippen molar-refractivity contribution in [3.8, 4) is 16.9 Å². The minimum Gasteiger partial charge on any atom is -0.436 e. The first-order valence-electron chi connectivity index (χ1n) is 9.05. The van der Waals surface area contributed by atoms with Gasteiger partial charge in [0, 0.05) is 24.9 Å². The Labute approximate surface area is 170 Å². The molecular weight excluding hydrogens is 396 g/mol. The fourth-order valence-electron chi connectivity index (χ4n) is 3.20. The molecule has 7 heteroatoms. The van der Waals surface area contributed by atoms with Gasteiger partial charge in [0.1, 0.15) is 17.3 Å². The number of hydrogen-bond acceptors (Lipinski definition) is 3. The molecule has 3 aromatic carbocycles. The second-order valence-electron chi connectivity index (χ2n) is 6.81. The maximum absolute atomic E-state index is 15.4. The summed E-state index contributed by atoms with van der Waals surface area (Å²) in [5.74, 6) is -3.18. The van der Waals surface area contributed by atoms with E-state index in [0.717, 1.165) is 17.0 Å². The molecule has 0 saturated carbocycles. The van der Waals surface area contributed by atoms with Gasteiger partial charge in [0.15, 0.2) is 17.4 Å². The van der Waals surface area contributed by atoms with Crippen molar-refractivity contribution in [3.05, 3.63) is 89.6 Å². The number of anilines is 2. The molecule has 30 heavy (non-hydrogen) atoms. The van der Waals surface area contributed by atoms with E-state index in [-0.39, 0.29) is 22.9 Å². The van der Waals surface area contributed by atoms with Crippen molar-refractivity contribution in [1.29, 1.82) is 0 Å². The second-order valence-corrected chi connectivity index (χ2v) is 6.81. The fourth-order valence-corrected chi connectivity index (χ4v) is 3.20. The molecule has 3 aromatic rings. The summed E-state index contributed by atoms with van der Waals surface area (Å²) >= 11 is 0. The first-order chi connectivity index (χ1) is 14.3. The van der Waals surface area contributed by atoms with Gasteiger partial charge in [-0.05, 0) is 54.4 Å². The van der Waals surface area contributed by atoms with Gasteiger partial charge in [0.05, 0.1) is 5.69 Å². The van der Waals surface area contributed by atoms with E-state index in [2.05, 4.69) is 4.99 Å². The largest absolute Gasteiger partial charge is 0.436 e. The molecule has 0 fully saturated rings. The standard InChI is InChI=1S/C23H16F4N2O/c1-13-10-16(14-4-3-5-15(24)12-14)21(26)18(11-13)29(2)23-17(25)6-7-19(22(23)27)30-20-8-9-28-20/h3-12H,1-2H3. The van der Waals surface area contributed by atoms with Crippen molar-refractivity contribution >= 4 is 17.3 Å². The molecule has 0 radical (unpaired) electrons. The quantitative estimate of drug-likeness (QED) is 0.471.